The summed E-state index contributed by atoms with van der Waals surface area (Å²) in [5, 5.41) is 19.2. The summed E-state index contributed by atoms with van der Waals surface area (Å²) in [5.74, 6) is 1.48. The van der Waals surface area contributed by atoms with Gasteiger partial charge in [0.05, 0.1) is 11.6 Å². The lowest BCUT2D eigenvalue weighted by molar-refractivity contribution is 0.133. The molecule has 1 heterocycles. The molecule has 38 heavy (non-hydrogen) atoms. The molecule has 1 N–H and O–H groups in total. The Morgan fingerprint density at radius 3 is 2.26 bits per heavy atom. The number of allylic oxidation sites excluding steroid dienone is 1. The summed E-state index contributed by atoms with van der Waals surface area (Å²) >= 11 is 19.0. The number of rotatable bonds is 6. The normalized spacial score (nSPS) is 21.6. The molecule has 0 spiro atoms. The van der Waals surface area contributed by atoms with Crippen molar-refractivity contribution in [1.29, 1.82) is 0 Å². The van der Waals surface area contributed by atoms with Crippen molar-refractivity contribution < 1.29 is 0 Å². The van der Waals surface area contributed by atoms with Crippen LogP contribution < -0.4 is 5.32 Å². The first-order valence-electron chi connectivity index (χ1n) is 13.2. The van der Waals surface area contributed by atoms with Gasteiger partial charge in [0.15, 0.2) is 5.82 Å². The molecular weight excluding hydrogens is 537 g/mol. The third-order valence-corrected chi connectivity index (χ3v) is 8.56. The fraction of sp³-hybridized carbons (Fsp3) is 0.500. The highest BCUT2D eigenvalue weighted by Crippen LogP contribution is 2.47. The molecule has 0 bridgehead atoms. The number of tetrazole rings is 1. The lowest BCUT2D eigenvalue weighted by Crippen LogP contribution is -2.44. The number of anilines is 1. The van der Waals surface area contributed by atoms with Crippen molar-refractivity contribution in [3.8, 4) is 0 Å². The quantitative estimate of drug-likeness (QED) is 0.318. The van der Waals surface area contributed by atoms with E-state index in [2.05, 4.69) is 74.5 Å². The molecule has 1 unspecified atom stereocenters. The van der Waals surface area contributed by atoms with Gasteiger partial charge in [0, 0.05) is 20.8 Å². The Labute approximate surface area is 241 Å². The van der Waals surface area contributed by atoms with Crippen LogP contribution in [0.5, 0.6) is 0 Å². The summed E-state index contributed by atoms with van der Waals surface area (Å²) in [6.45, 7) is 13.6. The molecule has 204 valence electrons. The van der Waals surface area contributed by atoms with E-state index in [1.165, 1.54) is 0 Å². The molecule has 1 fully saturated rings. The van der Waals surface area contributed by atoms with Crippen molar-refractivity contribution in [3.63, 3.8) is 0 Å². The molecule has 0 saturated heterocycles. The minimum atomic E-state index is -0.425. The Morgan fingerprint density at radius 2 is 1.66 bits per heavy atom. The van der Waals surface area contributed by atoms with Gasteiger partial charge in [-0.25, -0.2) is 4.68 Å². The molecule has 3 aromatic rings. The summed E-state index contributed by atoms with van der Waals surface area (Å²) < 4.78 is 2.00. The predicted molar refractivity (Wildman–Crippen MR) is 160 cm³/mol. The molecule has 2 aromatic carbocycles. The first-order valence-corrected chi connectivity index (χ1v) is 14.4. The van der Waals surface area contributed by atoms with E-state index in [-0.39, 0.29) is 16.9 Å². The first-order chi connectivity index (χ1) is 17.8. The van der Waals surface area contributed by atoms with Crippen molar-refractivity contribution in [3.05, 3.63) is 75.0 Å². The minimum absolute atomic E-state index is 0.113. The maximum Gasteiger partial charge on any atom is 0.177 e. The van der Waals surface area contributed by atoms with Crippen LogP contribution in [0.25, 0.3) is 6.08 Å². The zero-order valence-corrected chi connectivity index (χ0v) is 25.4. The van der Waals surface area contributed by atoms with Crippen molar-refractivity contribution in [2.75, 3.05) is 5.32 Å². The van der Waals surface area contributed by atoms with Gasteiger partial charge >= 0.3 is 0 Å². The zero-order valence-electron chi connectivity index (χ0n) is 23.1. The van der Waals surface area contributed by atoms with Crippen LogP contribution in [0.15, 0.2) is 48.5 Å². The fourth-order valence-electron chi connectivity index (χ4n) is 5.49. The minimum Gasteiger partial charge on any atom is -0.373 e. The van der Waals surface area contributed by atoms with Gasteiger partial charge in [0.1, 0.15) is 0 Å². The van der Waals surface area contributed by atoms with Crippen LogP contribution in [0.1, 0.15) is 84.7 Å². The van der Waals surface area contributed by atoms with Gasteiger partial charge < -0.3 is 5.32 Å². The van der Waals surface area contributed by atoms with Crippen LogP contribution in [-0.4, -0.2) is 20.2 Å². The number of aromatic nitrogens is 4. The summed E-state index contributed by atoms with van der Waals surface area (Å²) in [5.41, 5.74) is 1.53. The molecule has 1 atom stereocenters. The van der Waals surface area contributed by atoms with Gasteiger partial charge in [-0.2, -0.15) is 0 Å². The van der Waals surface area contributed by atoms with Crippen molar-refractivity contribution in [2.24, 2.45) is 16.7 Å². The van der Waals surface area contributed by atoms with Crippen LogP contribution in [0.3, 0.4) is 0 Å². The van der Waals surface area contributed by atoms with Gasteiger partial charge in [-0.1, -0.05) is 101 Å². The number of benzene rings is 2. The first kappa shape index (κ1) is 28.9. The Hall–Kier alpha value is -2.08. The average molecular weight is 575 g/mol. The monoisotopic (exact) mass is 573 g/mol. The van der Waals surface area contributed by atoms with Gasteiger partial charge in [-0.05, 0) is 88.8 Å². The lowest BCUT2D eigenvalue weighted by Gasteiger charge is -2.45. The molecule has 1 aliphatic carbocycles. The topological polar surface area (TPSA) is 55.6 Å². The second-order valence-electron chi connectivity index (χ2n) is 12.6. The largest absolute Gasteiger partial charge is 0.373 e. The Morgan fingerprint density at radius 1 is 0.974 bits per heavy atom. The van der Waals surface area contributed by atoms with Gasteiger partial charge in [-0.3, -0.25) is 0 Å². The summed E-state index contributed by atoms with van der Waals surface area (Å²) in [4.78, 5) is 0. The molecule has 4 rings (SSSR count). The maximum absolute atomic E-state index is 6.48. The van der Waals surface area contributed by atoms with E-state index in [1.807, 2.05) is 41.1 Å². The van der Waals surface area contributed by atoms with Gasteiger partial charge in [-0.15, -0.1) is 5.10 Å². The number of nitrogens with one attached hydrogen (secondary N) is 1. The molecule has 0 amide bonds. The number of nitrogens with zero attached hydrogens (tertiary/aromatic N) is 4. The Bertz CT molecular complexity index is 1280. The predicted octanol–water partition coefficient (Wildman–Crippen LogP) is 9.48. The Balaban J connectivity index is 1.76. The second kappa shape index (κ2) is 11.2. The molecule has 5 nitrogen and oxygen atoms in total. The molecule has 0 radical (unpaired) electrons. The molecular formula is C30H38Cl3N5. The van der Waals surface area contributed by atoms with E-state index in [0.29, 0.717) is 21.0 Å². The van der Waals surface area contributed by atoms with E-state index < -0.39 is 5.54 Å². The number of halogens is 3. The third-order valence-electron chi connectivity index (χ3n) is 7.76. The molecule has 0 aliphatic heterocycles. The molecule has 1 aromatic heterocycles. The van der Waals surface area contributed by atoms with Crippen LogP contribution >= 0.6 is 34.8 Å². The second-order valence-corrected chi connectivity index (χ2v) is 13.9. The molecule has 8 heteroatoms. The maximum atomic E-state index is 6.48. The van der Waals surface area contributed by atoms with Crippen molar-refractivity contribution in [2.45, 2.75) is 78.8 Å². The zero-order chi connectivity index (χ0) is 27.7. The van der Waals surface area contributed by atoms with E-state index in [4.69, 9.17) is 34.8 Å². The van der Waals surface area contributed by atoms with E-state index in [9.17, 15) is 0 Å². The average Bonchev–Trinajstić information content (AvgIpc) is 3.29. The fourth-order valence-corrected chi connectivity index (χ4v) is 6.15. The van der Waals surface area contributed by atoms with Gasteiger partial charge in [0.25, 0.3) is 0 Å². The lowest BCUT2D eigenvalue weighted by atomic mass is 9.67. The van der Waals surface area contributed by atoms with E-state index in [0.717, 1.165) is 42.8 Å². The van der Waals surface area contributed by atoms with E-state index in [1.54, 1.807) is 6.07 Å². The number of hydrogen-bond donors (Lipinski definition) is 1. The van der Waals surface area contributed by atoms with Crippen molar-refractivity contribution in [1.82, 2.24) is 20.2 Å². The highest BCUT2D eigenvalue weighted by atomic mass is 35.5. The summed E-state index contributed by atoms with van der Waals surface area (Å²) in [7, 11) is 0. The van der Waals surface area contributed by atoms with Gasteiger partial charge in [0.2, 0.25) is 0 Å². The number of hydrogen-bond acceptors (Lipinski definition) is 4. The molecule has 1 saturated carbocycles. The highest BCUT2D eigenvalue weighted by molar-refractivity contribution is 6.35. The van der Waals surface area contributed by atoms with Crippen LogP contribution in [0, 0.1) is 16.7 Å². The highest BCUT2D eigenvalue weighted by Gasteiger charge is 2.45. The van der Waals surface area contributed by atoms with E-state index >= 15 is 0 Å². The van der Waals surface area contributed by atoms with Crippen LogP contribution in [0.4, 0.5) is 5.69 Å². The van der Waals surface area contributed by atoms with Crippen LogP contribution in [0.2, 0.25) is 15.1 Å². The van der Waals surface area contributed by atoms with Crippen LogP contribution in [-0.2, 0) is 5.54 Å². The summed E-state index contributed by atoms with van der Waals surface area (Å²) in [6.07, 6.45) is 8.19. The standard InChI is InChI=1S/C30H38Cl3N5/c1-28(2,3)21-14-16-30(17-15-21,34-24-9-7-8-22(31)18-24)27-35-36-37-38(27)26(29(4,5)6)13-11-20-10-12-23(32)19-25(20)33/h7-13,18-19,21,26,34H,14-17H2,1-6H3. The SMILES string of the molecule is CC(C)(C)C1CCC(Nc2cccc(Cl)c2)(c2nnnn2C(C=Cc2ccc(Cl)cc2Cl)C(C)(C)C)CC1. The smallest absolute Gasteiger partial charge is 0.177 e. The van der Waals surface area contributed by atoms with Crippen molar-refractivity contribution >= 4 is 46.6 Å². The third kappa shape index (κ3) is 6.55. The molecule has 1 aliphatic rings. The summed E-state index contributed by atoms with van der Waals surface area (Å²) in [6, 6.07) is 13.3. The Kier molecular flexibility index (Phi) is 8.52.